The number of carbonyl (C=O) groups is 1. The lowest BCUT2D eigenvalue weighted by atomic mass is 9.96. The number of carbonyl (C=O) groups excluding carboxylic acids is 1. The van der Waals surface area contributed by atoms with Crippen molar-refractivity contribution in [2.45, 2.75) is 52.4 Å². The minimum absolute atomic E-state index is 0.0362. The summed E-state index contributed by atoms with van der Waals surface area (Å²) in [5, 5.41) is 0. The molecule has 1 aliphatic heterocycles. The third-order valence-corrected chi connectivity index (χ3v) is 6.84. The predicted octanol–water partition coefficient (Wildman–Crippen LogP) is 4.68. The van der Waals surface area contributed by atoms with E-state index < -0.39 is 0 Å². The van der Waals surface area contributed by atoms with Gasteiger partial charge in [0, 0.05) is 49.8 Å². The van der Waals surface area contributed by atoms with Crippen LogP contribution in [-0.2, 0) is 12.8 Å². The summed E-state index contributed by atoms with van der Waals surface area (Å²) in [6.45, 7) is 9.35. The second kappa shape index (κ2) is 9.00. The van der Waals surface area contributed by atoms with E-state index >= 15 is 0 Å². The average Bonchev–Trinajstić information content (AvgIpc) is 3.54. The summed E-state index contributed by atoms with van der Waals surface area (Å²) in [6, 6.07) is 10.1. The molecular weight excluding hydrogens is 412 g/mol. The van der Waals surface area contributed by atoms with Crippen LogP contribution in [0.5, 0.6) is 0 Å². The molecule has 3 aromatic rings. The standard InChI is InChI=1S/C27H32N4O2/c1-4-23-22(17-21-16-18(2)7-8-19(21)3)26(29-25(28-23)20-9-10-20)30-11-13-31(14-12-30)27(32)24-6-5-15-33-24/h5-8,15-16,20H,4,9-14,17H2,1-3H3. The number of benzene rings is 1. The summed E-state index contributed by atoms with van der Waals surface area (Å²) in [5.74, 6) is 2.94. The predicted molar refractivity (Wildman–Crippen MR) is 129 cm³/mol. The van der Waals surface area contributed by atoms with E-state index in [1.807, 2.05) is 4.90 Å². The van der Waals surface area contributed by atoms with Crippen molar-refractivity contribution in [3.63, 3.8) is 0 Å². The van der Waals surface area contributed by atoms with Gasteiger partial charge in [-0.1, -0.05) is 30.7 Å². The van der Waals surface area contributed by atoms with Gasteiger partial charge in [-0.05, 0) is 56.4 Å². The van der Waals surface area contributed by atoms with E-state index in [1.54, 1.807) is 18.4 Å². The van der Waals surface area contributed by atoms with E-state index in [2.05, 4.69) is 43.9 Å². The largest absolute Gasteiger partial charge is 0.459 e. The van der Waals surface area contributed by atoms with E-state index in [9.17, 15) is 4.79 Å². The minimum Gasteiger partial charge on any atom is -0.459 e. The molecule has 0 atom stereocenters. The molecule has 0 bridgehead atoms. The van der Waals surface area contributed by atoms with E-state index in [0.29, 0.717) is 24.8 Å². The van der Waals surface area contributed by atoms with Gasteiger partial charge >= 0.3 is 0 Å². The van der Waals surface area contributed by atoms with Crippen LogP contribution in [0, 0.1) is 13.8 Å². The lowest BCUT2D eigenvalue weighted by molar-refractivity contribution is 0.0714. The highest BCUT2D eigenvalue weighted by Gasteiger charge is 2.31. The molecule has 1 aliphatic carbocycles. The smallest absolute Gasteiger partial charge is 0.289 e. The normalized spacial score (nSPS) is 16.3. The number of furan rings is 1. The summed E-state index contributed by atoms with van der Waals surface area (Å²) in [5.41, 5.74) is 6.31. The zero-order valence-electron chi connectivity index (χ0n) is 19.8. The molecule has 1 saturated carbocycles. The highest BCUT2D eigenvalue weighted by molar-refractivity contribution is 5.91. The van der Waals surface area contributed by atoms with Gasteiger partial charge in [0.05, 0.1) is 6.26 Å². The first-order valence-electron chi connectivity index (χ1n) is 12.1. The Labute approximate surface area is 195 Å². The molecule has 33 heavy (non-hydrogen) atoms. The van der Waals surface area contributed by atoms with Gasteiger partial charge in [-0.3, -0.25) is 4.79 Å². The number of hydrogen-bond donors (Lipinski definition) is 0. The van der Waals surface area contributed by atoms with Crippen molar-refractivity contribution < 1.29 is 9.21 Å². The number of nitrogens with zero attached hydrogens (tertiary/aromatic N) is 4. The number of amides is 1. The molecule has 6 nitrogen and oxygen atoms in total. The van der Waals surface area contributed by atoms with E-state index in [1.165, 1.54) is 35.1 Å². The average molecular weight is 445 g/mol. The van der Waals surface area contributed by atoms with E-state index in [0.717, 1.165) is 43.3 Å². The number of aromatic nitrogens is 2. The first kappa shape index (κ1) is 21.7. The molecule has 0 spiro atoms. The van der Waals surface area contributed by atoms with Crippen LogP contribution in [0.2, 0.25) is 0 Å². The maximum absolute atomic E-state index is 12.7. The van der Waals surface area contributed by atoms with Crippen LogP contribution in [0.4, 0.5) is 5.82 Å². The quantitative estimate of drug-likeness (QED) is 0.552. The van der Waals surface area contributed by atoms with Crippen molar-refractivity contribution >= 4 is 11.7 Å². The maximum Gasteiger partial charge on any atom is 0.289 e. The molecule has 5 rings (SSSR count). The zero-order chi connectivity index (χ0) is 22.9. The van der Waals surface area contributed by atoms with Crippen molar-refractivity contribution in [1.82, 2.24) is 14.9 Å². The highest BCUT2D eigenvalue weighted by atomic mass is 16.3. The number of aryl methyl sites for hydroxylation is 3. The Morgan fingerprint density at radius 1 is 1.09 bits per heavy atom. The molecule has 1 saturated heterocycles. The van der Waals surface area contributed by atoms with Crippen LogP contribution < -0.4 is 4.90 Å². The second-order valence-corrected chi connectivity index (χ2v) is 9.32. The van der Waals surface area contributed by atoms with Gasteiger partial charge < -0.3 is 14.2 Å². The number of piperazine rings is 1. The molecule has 0 radical (unpaired) electrons. The summed E-state index contributed by atoms with van der Waals surface area (Å²) < 4.78 is 5.32. The molecule has 0 unspecified atom stereocenters. The first-order chi connectivity index (χ1) is 16.0. The Morgan fingerprint density at radius 2 is 1.88 bits per heavy atom. The summed E-state index contributed by atoms with van der Waals surface area (Å²) in [6.07, 6.45) is 5.65. The van der Waals surface area contributed by atoms with Gasteiger partial charge in [-0.15, -0.1) is 0 Å². The van der Waals surface area contributed by atoms with Crippen LogP contribution >= 0.6 is 0 Å². The van der Waals surface area contributed by atoms with Gasteiger partial charge in [0.1, 0.15) is 11.6 Å². The van der Waals surface area contributed by atoms with Crippen molar-refractivity contribution in [2.24, 2.45) is 0 Å². The highest BCUT2D eigenvalue weighted by Crippen LogP contribution is 2.40. The molecule has 0 N–H and O–H groups in total. The molecule has 1 aromatic carbocycles. The Balaban J connectivity index is 1.45. The topological polar surface area (TPSA) is 62.5 Å². The Hall–Kier alpha value is -3.15. The van der Waals surface area contributed by atoms with Crippen molar-refractivity contribution in [3.05, 3.63) is 76.1 Å². The lowest BCUT2D eigenvalue weighted by Crippen LogP contribution is -2.49. The molecule has 3 heterocycles. The fourth-order valence-corrected chi connectivity index (χ4v) is 4.65. The Bertz CT molecular complexity index is 1140. The SMILES string of the molecule is CCc1nc(C2CC2)nc(N2CCN(C(=O)c3ccco3)CC2)c1Cc1cc(C)ccc1C. The molecular formula is C27H32N4O2. The minimum atomic E-state index is -0.0362. The maximum atomic E-state index is 12.7. The molecule has 2 aromatic heterocycles. The first-order valence-corrected chi connectivity index (χ1v) is 12.1. The van der Waals surface area contributed by atoms with Crippen LogP contribution in [0.3, 0.4) is 0 Å². The monoisotopic (exact) mass is 444 g/mol. The van der Waals surface area contributed by atoms with Crippen LogP contribution in [-0.4, -0.2) is 47.0 Å². The third-order valence-electron chi connectivity index (χ3n) is 6.84. The van der Waals surface area contributed by atoms with Gasteiger partial charge in [0.25, 0.3) is 5.91 Å². The zero-order valence-corrected chi connectivity index (χ0v) is 19.8. The molecule has 6 heteroatoms. The fraction of sp³-hybridized carbons (Fsp3) is 0.444. The number of hydrogen-bond acceptors (Lipinski definition) is 5. The molecule has 2 fully saturated rings. The van der Waals surface area contributed by atoms with Crippen molar-refractivity contribution in [2.75, 3.05) is 31.1 Å². The van der Waals surface area contributed by atoms with Crippen LogP contribution in [0.15, 0.2) is 41.0 Å². The van der Waals surface area contributed by atoms with Crippen LogP contribution in [0.1, 0.15) is 70.0 Å². The Kier molecular flexibility index (Phi) is 5.92. The van der Waals surface area contributed by atoms with Gasteiger partial charge in [-0.2, -0.15) is 0 Å². The number of anilines is 1. The third kappa shape index (κ3) is 4.52. The second-order valence-electron chi connectivity index (χ2n) is 9.32. The molecule has 2 aliphatic rings. The summed E-state index contributed by atoms with van der Waals surface area (Å²) >= 11 is 0. The van der Waals surface area contributed by atoms with Gasteiger partial charge in [0.15, 0.2) is 5.76 Å². The van der Waals surface area contributed by atoms with Gasteiger partial charge in [0.2, 0.25) is 0 Å². The fourth-order valence-electron chi connectivity index (χ4n) is 4.65. The summed E-state index contributed by atoms with van der Waals surface area (Å²) in [7, 11) is 0. The summed E-state index contributed by atoms with van der Waals surface area (Å²) in [4.78, 5) is 27.1. The number of rotatable bonds is 6. The van der Waals surface area contributed by atoms with Gasteiger partial charge in [-0.25, -0.2) is 9.97 Å². The van der Waals surface area contributed by atoms with Crippen molar-refractivity contribution in [3.8, 4) is 0 Å². The molecule has 172 valence electrons. The lowest BCUT2D eigenvalue weighted by Gasteiger charge is -2.36. The molecule has 1 amide bonds. The van der Waals surface area contributed by atoms with Crippen LogP contribution in [0.25, 0.3) is 0 Å². The van der Waals surface area contributed by atoms with E-state index in [4.69, 9.17) is 14.4 Å². The van der Waals surface area contributed by atoms with Crippen molar-refractivity contribution in [1.29, 1.82) is 0 Å². The van der Waals surface area contributed by atoms with E-state index in [-0.39, 0.29) is 5.91 Å². The Morgan fingerprint density at radius 3 is 2.55 bits per heavy atom.